The van der Waals surface area contributed by atoms with E-state index in [0.717, 1.165) is 0 Å². The van der Waals surface area contributed by atoms with E-state index < -0.39 is 0 Å². The summed E-state index contributed by atoms with van der Waals surface area (Å²) in [5, 5.41) is 7.24. The van der Waals surface area contributed by atoms with E-state index in [1.165, 1.54) is 23.5 Å². The average Bonchev–Trinajstić information content (AvgIpc) is 2.67. The average molecular weight is 174 g/mol. The van der Waals surface area contributed by atoms with Crippen LogP contribution in [0.15, 0.2) is 23.2 Å². The Morgan fingerprint density at radius 1 is 1.40 bits per heavy atom. The molecule has 2 heterocycles. The number of aromatic nitrogens is 2. The highest BCUT2D eigenvalue weighted by atomic mass is 32.2. The zero-order valence-corrected chi connectivity index (χ0v) is 6.65. The molecule has 1 aromatic rings. The molecule has 0 aliphatic carbocycles. The summed E-state index contributed by atoms with van der Waals surface area (Å²) in [6.45, 7) is 0. The first-order valence-corrected chi connectivity index (χ1v) is 4.24. The summed E-state index contributed by atoms with van der Waals surface area (Å²) in [7, 11) is 0. The number of rotatable bonds is 0. The van der Waals surface area contributed by atoms with Crippen molar-refractivity contribution in [2.45, 2.75) is 0 Å². The standard InChI is InChI=1S/C2H4N2S.C2H2N2S/c2*1-2-5-4-3-1/h1-4H;1-2H. The molecule has 2 N–H and O–H groups in total. The van der Waals surface area contributed by atoms with E-state index in [9.17, 15) is 0 Å². The Labute approximate surface area is 67.0 Å². The van der Waals surface area contributed by atoms with Gasteiger partial charge in [0.25, 0.3) is 0 Å². The molecule has 0 radical (unpaired) electrons. The first-order valence-electron chi connectivity index (χ1n) is 2.52. The van der Waals surface area contributed by atoms with E-state index in [1.807, 2.05) is 17.0 Å². The van der Waals surface area contributed by atoms with Crippen molar-refractivity contribution in [3.8, 4) is 0 Å². The van der Waals surface area contributed by atoms with Crippen LogP contribution in [0.1, 0.15) is 0 Å². The summed E-state index contributed by atoms with van der Waals surface area (Å²) in [6, 6.07) is 0. The van der Waals surface area contributed by atoms with Crippen molar-refractivity contribution in [2.24, 2.45) is 0 Å². The van der Waals surface area contributed by atoms with Crippen LogP contribution in [0.5, 0.6) is 0 Å². The fourth-order valence-electron chi connectivity index (χ4n) is 0.306. The molecule has 0 spiro atoms. The summed E-state index contributed by atoms with van der Waals surface area (Å²) < 4.78 is 3.51. The van der Waals surface area contributed by atoms with E-state index in [2.05, 4.69) is 19.8 Å². The highest BCUT2D eigenvalue weighted by molar-refractivity contribution is 8.00. The Morgan fingerprint density at radius 2 is 2.40 bits per heavy atom. The molecule has 0 amide bonds. The first-order chi connectivity index (χ1) is 5.00. The SMILES string of the molecule is C1=CSNN1.c1csnn1. The highest BCUT2D eigenvalue weighted by Crippen LogP contribution is 1.94. The summed E-state index contributed by atoms with van der Waals surface area (Å²) in [6.07, 6.45) is 3.50. The molecule has 0 atom stereocenters. The minimum atomic E-state index is 1.35. The van der Waals surface area contributed by atoms with Gasteiger partial charge in [0, 0.05) is 17.0 Å². The van der Waals surface area contributed by atoms with Gasteiger partial charge in [-0.25, -0.2) is 0 Å². The number of hydrogen-bond acceptors (Lipinski definition) is 6. The maximum Gasteiger partial charge on any atom is 0.0620 e. The summed E-state index contributed by atoms with van der Waals surface area (Å²) in [5.74, 6) is 0. The maximum absolute atomic E-state index is 3.51. The van der Waals surface area contributed by atoms with Crippen molar-refractivity contribution < 1.29 is 0 Å². The second kappa shape index (κ2) is 5.21. The van der Waals surface area contributed by atoms with E-state index in [4.69, 9.17) is 0 Å². The molecular weight excluding hydrogens is 168 g/mol. The number of hydrazine groups is 1. The van der Waals surface area contributed by atoms with Crippen LogP contribution in [-0.4, -0.2) is 9.59 Å². The summed E-state index contributed by atoms with van der Waals surface area (Å²) in [5.41, 5.74) is 2.75. The van der Waals surface area contributed by atoms with E-state index >= 15 is 0 Å². The molecule has 0 fully saturated rings. The zero-order chi connectivity index (χ0) is 7.07. The molecule has 1 aliphatic heterocycles. The number of hydrogen-bond donors (Lipinski definition) is 2. The Morgan fingerprint density at radius 3 is 2.60 bits per heavy atom. The van der Waals surface area contributed by atoms with Crippen molar-refractivity contribution in [3.05, 3.63) is 23.2 Å². The van der Waals surface area contributed by atoms with Crippen LogP contribution < -0.4 is 10.3 Å². The summed E-state index contributed by atoms with van der Waals surface area (Å²) >= 11 is 2.88. The molecule has 2 rings (SSSR count). The smallest absolute Gasteiger partial charge is 0.0620 e. The van der Waals surface area contributed by atoms with Crippen LogP contribution in [0.25, 0.3) is 0 Å². The lowest BCUT2D eigenvalue weighted by Crippen LogP contribution is -2.11. The zero-order valence-electron chi connectivity index (χ0n) is 5.02. The van der Waals surface area contributed by atoms with Gasteiger partial charge in [-0.15, -0.1) is 5.10 Å². The monoisotopic (exact) mass is 174 g/mol. The van der Waals surface area contributed by atoms with Crippen molar-refractivity contribution in [1.29, 1.82) is 0 Å². The van der Waals surface area contributed by atoms with Gasteiger partial charge in [0.05, 0.1) is 6.20 Å². The van der Waals surface area contributed by atoms with Gasteiger partial charge in [-0.05, 0) is 23.5 Å². The Kier molecular flexibility index (Phi) is 3.92. The Bertz CT molecular complexity index is 150. The molecule has 0 aromatic carbocycles. The fraction of sp³-hybridized carbons (Fsp3) is 0. The normalized spacial score (nSPS) is 13.6. The van der Waals surface area contributed by atoms with Gasteiger partial charge in [-0.2, -0.15) is 4.83 Å². The van der Waals surface area contributed by atoms with Crippen molar-refractivity contribution in [2.75, 3.05) is 0 Å². The Hall–Kier alpha value is -0.590. The third-order valence-corrected chi connectivity index (χ3v) is 1.56. The van der Waals surface area contributed by atoms with Crippen LogP contribution in [0.2, 0.25) is 0 Å². The van der Waals surface area contributed by atoms with E-state index in [0.29, 0.717) is 0 Å². The predicted octanol–water partition coefficient (Wildman–Crippen LogP) is 0.752. The Balaban J connectivity index is 0.0000001000. The highest BCUT2D eigenvalue weighted by Gasteiger charge is 1.79. The second-order valence-corrected chi connectivity index (χ2v) is 2.61. The van der Waals surface area contributed by atoms with E-state index in [-0.39, 0.29) is 0 Å². The topological polar surface area (TPSA) is 49.8 Å². The second-order valence-electron chi connectivity index (χ2n) is 1.25. The molecule has 1 aromatic heterocycles. The van der Waals surface area contributed by atoms with Crippen molar-refractivity contribution in [1.82, 2.24) is 19.8 Å². The number of nitrogens with one attached hydrogen (secondary N) is 2. The van der Waals surface area contributed by atoms with Crippen LogP contribution >= 0.6 is 23.5 Å². The molecule has 0 saturated carbocycles. The summed E-state index contributed by atoms with van der Waals surface area (Å²) in [4.78, 5) is 2.78. The van der Waals surface area contributed by atoms with Gasteiger partial charge < -0.3 is 5.43 Å². The van der Waals surface area contributed by atoms with Crippen LogP contribution in [0.3, 0.4) is 0 Å². The lowest BCUT2D eigenvalue weighted by atomic mass is 11.1. The van der Waals surface area contributed by atoms with Gasteiger partial charge >= 0.3 is 0 Å². The molecule has 0 saturated heterocycles. The van der Waals surface area contributed by atoms with E-state index in [1.54, 1.807) is 6.20 Å². The lowest BCUT2D eigenvalue weighted by molar-refractivity contribution is 0.896. The molecule has 1 aliphatic rings. The molecule has 10 heavy (non-hydrogen) atoms. The predicted molar refractivity (Wildman–Crippen MR) is 42.9 cm³/mol. The lowest BCUT2D eigenvalue weighted by Gasteiger charge is -1.81. The van der Waals surface area contributed by atoms with Crippen LogP contribution in [0.4, 0.5) is 0 Å². The fourth-order valence-corrected chi connectivity index (χ4v) is 0.919. The first kappa shape index (κ1) is 7.52. The molecule has 54 valence electrons. The van der Waals surface area contributed by atoms with Gasteiger partial charge in [0.1, 0.15) is 0 Å². The number of nitrogens with zero attached hydrogens (tertiary/aromatic N) is 2. The quantitative estimate of drug-likeness (QED) is 0.568. The third kappa shape index (κ3) is 3.44. The minimum absolute atomic E-state index is 1.35. The molecule has 4 nitrogen and oxygen atoms in total. The largest absolute Gasteiger partial charge is 0.318 e. The molecular formula is C4H6N4S2. The van der Waals surface area contributed by atoms with Gasteiger partial charge in [0.2, 0.25) is 0 Å². The van der Waals surface area contributed by atoms with Crippen molar-refractivity contribution >= 4 is 23.5 Å². The molecule has 0 unspecified atom stereocenters. The van der Waals surface area contributed by atoms with Crippen LogP contribution in [0, 0.1) is 0 Å². The third-order valence-electron chi connectivity index (χ3n) is 0.620. The maximum atomic E-state index is 3.51. The van der Waals surface area contributed by atoms with Crippen molar-refractivity contribution in [3.63, 3.8) is 0 Å². The van der Waals surface area contributed by atoms with Gasteiger partial charge in [-0.1, -0.05) is 4.49 Å². The molecule has 0 bridgehead atoms. The van der Waals surface area contributed by atoms with Gasteiger partial charge in [0.15, 0.2) is 0 Å². The van der Waals surface area contributed by atoms with Crippen LogP contribution in [-0.2, 0) is 0 Å². The minimum Gasteiger partial charge on any atom is -0.318 e. The van der Waals surface area contributed by atoms with Gasteiger partial charge in [-0.3, -0.25) is 0 Å². The molecule has 6 heteroatoms.